The highest BCUT2D eigenvalue weighted by molar-refractivity contribution is 7.99. The molecule has 2 aromatic rings. The summed E-state index contributed by atoms with van der Waals surface area (Å²) in [5.74, 6) is 0.255. The number of rotatable bonds is 6. The maximum Gasteiger partial charge on any atom is 0.234 e. The molecule has 0 unspecified atom stereocenters. The summed E-state index contributed by atoms with van der Waals surface area (Å²) in [6.07, 6.45) is 6.69. The first-order chi connectivity index (χ1) is 11.3. The zero-order chi connectivity index (χ0) is 16.1. The minimum atomic E-state index is -0.0470. The van der Waals surface area contributed by atoms with Gasteiger partial charge in [-0.2, -0.15) is 0 Å². The van der Waals surface area contributed by atoms with Crippen LogP contribution in [0.1, 0.15) is 31.7 Å². The van der Waals surface area contributed by atoms with Gasteiger partial charge in [0.15, 0.2) is 0 Å². The molecule has 1 aromatic carbocycles. The van der Waals surface area contributed by atoms with E-state index < -0.39 is 0 Å². The molecule has 23 heavy (non-hydrogen) atoms. The quantitative estimate of drug-likeness (QED) is 0.807. The first kappa shape index (κ1) is 16.3. The van der Waals surface area contributed by atoms with Gasteiger partial charge in [0, 0.05) is 10.6 Å². The lowest BCUT2D eigenvalue weighted by Gasteiger charge is -2.10. The van der Waals surface area contributed by atoms with Crippen LogP contribution < -0.4 is 5.32 Å². The van der Waals surface area contributed by atoms with Gasteiger partial charge in [0.1, 0.15) is 0 Å². The van der Waals surface area contributed by atoms with Crippen LogP contribution in [0.4, 0.5) is 5.69 Å². The van der Waals surface area contributed by atoms with Gasteiger partial charge in [0.2, 0.25) is 11.1 Å². The summed E-state index contributed by atoms with van der Waals surface area (Å²) < 4.78 is 1.87. The summed E-state index contributed by atoms with van der Waals surface area (Å²) in [5.41, 5.74) is 0.817. The highest BCUT2D eigenvalue weighted by Crippen LogP contribution is 2.31. The maximum absolute atomic E-state index is 12.1. The van der Waals surface area contributed by atoms with Gasteiger partial charge >= 0.3 is 0 Å². The topological polar surface area (TPSA) is 72.7 Å². The van der Waals surface area contributed by atoms with E-state index in [0.29, 0.717) is 11.8 Å². The van der Waals surface area contributed by atoms with Crippen molar-refractivity contribution in [1.29, 1.82) is 0 Å². The SMILES string of the molecule is CSc1cccc(NC(=O)CSc2nnnn2C2CCCC2)c1. The number of carbonyl (C=O) groups is 1. The first-order valence-corrected chi connectivity index (χ1v) is 9.82. The van der Waals surface area contributed by atoms with Gasteiger partial charge in [-0.15, -0.1) is 16.9 Å². The van der Waals surface area contributed by atoms with Crippen LogP contribution in [0.3, 0.4) is 0 Å². The van der Waals surface area contributed by atoms with Crippen molar-refractivity contribution in [2.24, 2.45) is 0 Å². The lowest BCUT2D eigenvalue weighted by Crippen LogP contribution is -2.15. The molecule has 0 radical (unpaired) electrons. The fraction of sp³-hybridized carbons (Fsp3) is 0.467. The normalized spacial score (nSPS) is 15.0. The Morgan fingerprint density at radius 2 is 2.22 bits per heavy atom. The van der Waals surface area contributed by atoms with E-state index in [2.05, 4.69) is 20.8 Å². The van der Waals surface area contributed by atoms with Crippen molar-refractivity contribution in [3.63, 3.8) is 0 Å². The molecule has 122 valence electrons. The average Bonchev–Trinajstić information content (AvgIpc) is 3.24. The summed E-state index contributed by atoms with van der Waals surface area (Å²) >= 11 is 3.04. The Hall–Kier alpha value is -1.54. The Morgan fingerprint density at radius 3 is 3.00 bits per heavy atom. The molecule has 1 N–H and O–H groups in total. The molecular weight excluding hydrogens is 330 g/mol. The molecule has 0 bridgehead atoms. The maximum atomic E-state index is 12.1. The summed E-state index contributed by atoms with van der Waals surface area (Å²) in [7, 11) is 0. The number of nitrogens with one attached hydrogen (secondary N) is 1. The number of anilines is 1. The lowest BCUT2D eigenvalue weighted by atomic mass is 10.3. The van der Waals surface area contributed by atoms with Gasteiger partial charge < -0.3 is 5.32 Å². The van der Waals surface area contributed by atoms with Crippen molar-refractivity contribution in [1.82, 2.24) is 20.2 Å². The average molecular weight is 349 g/mol. The van der Waals surface area contributed by atoms with Crippen LogP contribution in [-0.2, 0) is 4.79 Å². The third-order valence-corrected chi connectivity index (χ3v) is 5.48. The second kappa shape index (κ2) is 7.83. The first-order valence-electron chi connectivity index (χ1n) is 7.61. The molecule has 1 aliphatic carbocycles. The number of carbonyl (C=O) groups excluding carboxylic acids is 1. The van der Waals surface area contributed by atoms with Gasteiger partial charge in [0.25, 0.3) is 0 Å². The van der Waals surface area contributed by atoms with Crippen molar-refractivity contribution in [3.8, 4) is 0 Å². The van der Waals surface area contributed by atoms with Crippen molar-refractivity contribution in [2.75, 3.05) is 17.3 Å². The summed E-state index contributed by atoms with van der Waals surface area (Å²) in [6.45, 7) is 0. The number of nitrogens with zero attached hydrogens (tertiary/aromatic N) is 4. The molecule has 0 saturated heterocycles. The van der Waals surface area contributed by atoms with E-state index in [9.17, 15) is 4.79 Å². The molecule has 1 heterocycles. The smallest absolute Gasteiger partial charge is 0.234 e. The molecule has 1 amide bonds. The van der Waals surface area contributed by atoms with Crippen LogP contribution in [0.2, 0.25) is 0 Å². The summed E-state index contributed by atoms with van der Waals surface area (Å²) in [5, 5.41) is 15.5. The summed E-state index contributed by atoms with van der Waals surface area (Å²) in [4.78, 5) is 13.2. The molecule has 0 aliphatic heterocycles. The fourth-order valence-electron chi connectivity index (χ4n) is 2.69. The van der Waals surface area contributed by atoms with Gasteiger partial charge in [-0.25, -0.2) is 4.68 Å². The number of hydrogen-bond acceptors (Lipinski definition) is 6. The predicted molar refractivity (Wildman–Crippen MR) is 92.9 cm³/mol. The Balaban J connectivity index is 1.56. The van der Waals surface area contributed by atoms with Crippen molar-refractivity contribution in [3.05, 3.63) is 24.3 Å². The second-order valence-electron chi connectivity index (χ2n) is 5.41. The highest BCUT2D eigenvalue weighted by atomic mass is 32.2. The standard InChI is InChI=1S/C15H19N5OS2/c1-22-13-8-4-5-11(9-13)16-14(21)10-23-15-17-18-19-20(15)12-6-2-3-7-12/h4-5,8-9,12H,2-3,6-7,10H2,1H3,(H,16,21). The zero-order valence-electron chi connectivity index (χ0n) is 12.9. The highest BCUT2D eigenvalue weighted by Gasteiger charge is 2.22. The predicted octanol–water partition coefficient (Wildman–Crippen LogP) is 3.24. The van der Waals surface area contributed by atoms with Crippen LogP contribution in [-0.4, -0.2) is 38.1 Å². The second-order valence-corrected chi connectivity index (χ2v) is 7.24. The Bertz CT molecular complexity index is 669. The van der Waals surface area contributed by atoms with Crippen molar-refractivity contribution >= 4 is 35.1 Å². The Kier molecular flexibility index (Phi) is 5.56. The van der Waals surface area contributed by atoms with Crippen LogP contribution in [0.15, 0.2) is 34.3 Å². The number of hydrogen-bond donors (Lipinski definition) is 1. The monoisotopic (exact) mass is 349 g/mol. The van der Waals surface area contributed by atoms with E-state index in [1.165, 1.54) is 24.6 Å². The Labute approximate surface area is 143 Å². The summed E-state index contributed by atoms with van der Waals surface area (Å²) in [6, 6.07) is 8.20. The number of tetrazole rings is 1. The van der Waals surface area contributed by atoms with Crippen molar-refractivity contribution in [2.45, 2.75) is 41.8 Å². The molecule has 0 atom stereocenters. The van der Waals surface area contributed by atoms with E-state index in [1.54, 1.807) is 11.8 Å². The van der Waals surface area contributed by atoms with E-state index in [1.807, 2.05) is 35.2 Å². The number of thioether (sulfide) groups is 2. The number of aromatic nitrogens is 4. The van der Waals surface area contributed by atoms with Crippen LogP contribution >= 0.6 is 23.5 Å². The van der Waals surface area contributed by atoms with E-state index in [0.717, 1.165) is 28.6 Å². The van der Waals surface area contributed by atoms with E-state index in [4.69, 9.17) is 0 Å². The van der Waals surface area contributed by atoms with Crippen LogP contribution in [0.25, 0.3) is 0 Å². The molecule has 1 fully saturated rings. The van der Waals surface area contributed by atoms with Gasteiger partial charge in [-0.1, -0.05) is 30.7 Å². The van der Waals surface area contributed by atoms with Gasteiger partial charge in [-0.05, 0) is 47.7 Å². The largest absolute Gasteiger partial charge is 0.325 e. The molecule has 1 aromatic heterocycles. The lowest BCUT2D eigenvalue weighted by molar-refractivity contribution is -0.113. The zero-order valence-corrected chi connectivity index (χ0v) is 14.6. The molecular formula is C15H19N5OS2. The molecule has 0 spiro atoms. The minimum Gasteiger partial charge on any atom is -0.325 e. The Morgan fingerprint density at radius 1 is 1.39 bits per heavy atom. The molecule has 6 nitrogen and oxygen atoms in total. The van der Waals surface area contributed by atoms with E-state index >= 15 is 0 Å². The number of amides is 1. The van der Waals surface area contributed by atoms with E-state index in [-0.39, 0.29) is 5.91 Å². The van der Waals surface area contributed by atoms with Gasteiger partial charge in [-0.3, -0.25) is 4.79 Å². The minimum absolute atomic E-state index is 0.0470. The number of benzene rings is 1. The van der Waals surface area contributed by atoms with Crippen molar-refractivity contribution < 1.29 is 4.79 Å². The molecule has 8 heteroatoms. The van der Waals surface area contributed by atoms with Crippen LogP contribution in [0, 0.1) is 0 Å². The molecule has 1 saturated carbocycles. The van der Waals surface area contributed by atoms with Crippen LogP contribution in [0.5, 0.6) is 0 Å². The molecule has 1 aliphatic rings. The fourth-order valence-corrected chi connectivity index (χ4v) is 3.89. The van der Waals surface area contributed by atoms with Gasteiger partial charge in [0.05, 0.1) is 11.8 Å². The third-order valence-electron chi connectivity index (χ3n) is 3.82. The molecule has 3 rings (SSSR count). The third kappa shape index (κ3) is 4.26.